The second-order valence-corrected chi connectivity index (χ2v) is 5.77. The summed E-state index contributed by atoms with van der Waals surface area (Å²) in [5, 5.41) is 0. The van der Waals surface area contributed by atoms with Crippen LogP contribution < -0.4 is 10.6 Å². The molecule has 21 heavy (non-hydrogen) atoms. The maximum Gasteiger partial charge on any atom is 0.303 e. The number of hydrogen-bond acceptors (Lipinski definition) is 4. The molecule has 106 valence electrons. The maximum atomic E-state index is 5.93. The zero-order valence-corrected chi connectivity index (χ0v) is 11.9. The zero-order chi connectivity index (χ0) is 14.4. The molecule has 2 heterocycles. The lowest BCUT2D eigenvalue weighted by molar-refractivity contribution is 0.519. The normalized spacial score (nSPS) is 18.0. The van der Waals surface area contributed by atoms with Gasteiger partial charge in [0.05, 0.1) is 0 Å². The Kier molecular flexibility index (Phi) is 2.64. The largest absolute Gasteiger partial charge is 0.423 e. The van der Waals surface area contributed by atoms with Crippen LogP contribution in [0.1, 0.15) is 12.5 Å². The number of nitrogens with two attached hydrogens (primary N) is 1. The van der Waals surface area contributed by atoms with Gasteiger partial charge < -0.3 is 10.2 Å². The van der Waals surface area contributed by atoms with Crippen molar-refractivity contribution in [3.63, 3.8) is 0 Å². The molecule has 1 aromatic heterocycles. The van der Waals surface area contributed by atoms with Gasteiger partial charge >= 0.3 is 6.01 Å². The summed E-state index contributed by atoms with van der Waals surface area (Å²) >= 11 is 0. The Morgan fingerprint density at radius 2 is 2.10 bits per heavy atom. The molecule has 0 spiro atoms. The van der Waals surface area contributed by atoms with Crippen molar-refractivity contribution >= 4 is 28.5 Å². The Hall–Kier alpha value is -2.49. The first-order valence-electron chi connectivity index (χ1n) is 7.22. The van der Waals surface area contributed by atoms with E-state index in [-0.39, 0.29) is 0 Å². The van der Waals surface area contributed by atoms with Gasteiger partial charge in [0.1, 0.15) is 5.52 Å². The van der Waals surface area contributed by atoms with Gasteiger partial charge in [0.15, 0.2) is 5.58 Å². The van der Waals surface area contributed by atoms with Crippen molar-refractivity contribution in [1.82, 2.24) is 4.98 Å². The summed E-state index contributed by atoms with van der Waals surface area (Å²) in [6, 6.07) is 14.7. The third kappa shape index (κ3) is 2.03. The SMILES string of the molecule is CC1Cc2ccccc2N(c2nc3cc(N)ccc3o2)C1. The quantitative estimate of drug-likeness (QED) is 0.689. The first kappa shape index (κ1) is 12.3. The minimum absolute atomic E-state index is 0.569. The zero-order valence-electron chi connectivity index (χ0n) is 11.9. The van der Waals surface area contributed by atoms with Crippen LogP contribution in [0, 0.1) is 5.92 Å². The number of hydrogen-bond donors (Lipinski definition) is 1. The Bertz CT molecular complexity index is 809. The second kappa shape index (κ2) is 4.52. The second-order valence-electron chi connectivity index (χ2n) is 5.77. The summed E-state index contributed by atoms with van der Waals surface area (Å²) in [5.41, 5.74) is 10.6. The molecule has 0 saturated heterocycles. The molecule has 1 atom stereocenters. The highest BCUT2D eigenvalue weighted by molar-refractivity contribution is 5.79. The van der Waals surface area contributed by atoms with E-state index in [0.29, 0.717) is 17.6 Å². The van der Waals surface area contributed by atoms with E-state index < -0.39 is 0 Å². The van der Waals surface area contributed by atoms with Crippen LogP contribution in [0.15, 0.2) is 46.9 Å². The number of aromatic nitrogens is 1. The molecular weight excluding hydrogens is 262 g/mol. The van der Waals surface area contributed by atoms with Crippen molar-refractivity contribution in [1.29, 1.82) is 0 Å². The number of fused-ring (bicyclic) bond motifs is 2. The summed E-state index contributed by atoms with van der Waals surface area (Å²) < 4.78 is 5.93. The van der Waals surface area contributed by atoms with E-state index in [0.717, 1.165) is 24.1 Å². The summed E-state index contributed by atoms with van der Waals surface area (Å²) in [5.74, 6) is 0.569. The molecule has 1 aliphatic rings. The average molecular weight is 279 g/mol. The van der Waals surface area contributed by atoms with Crippen LogP contribution >= 0.6 is 0 Å². The Labute approximate surface area is 123 Å². The lowest BCUT2D eigenvalue weighted by Gasteiger charge is -2.31. The fourth-order valence-electron chi connectivity index (χ4n) is 3.03. The van der Waals surface area contributed by atoms with Crippen LogP contribution in [0.3, 0.4) is 0 Å². The summed E-state index contributed by atoms with van der Waals surface area (Å²) in [6.07, 6.45) is 1.10. The molecule has 3 aromatic rings. The third-order valence-corrected chi connectivity index (χ3v) is 3.98. The van der Waals surface area contributed by atoms with Gasteiger partial charge in [-0.1, -0.05) is 25.1 Å². The van der Waals surface area contributed by atoms with Gasteiger partial charge in [-0.3, -0.25) is 4.90 Å². The number of nitrogen functional groups attached to an aromatic ring is 1. The monoisotopic (exact) mass is 279 g/mol. The predicted molar refractivity (Wildman–Crippen MR) is 84.7 cm³/mol. The molecule has 4 rings (SSSR count). The minimum Gasteiger partial charge on any atom is -0.423 e. The van der Waals surface area contributed by atoms with Gasteiger partial charge in [-0.15, -0.1) is 0 Å². The van der Waals surface area contributed by atoms with E-state index in [1.54, 1.807) is 0 Å². The molecule has 1 aliphatic heterocycles. The molecule has 1 unspecified atom stereocenters. The molecule has 4 heteroatoms. The highest BCUT2D eigenvalue weighted by Crippen LogP contribution is 2.36. The third-order valence-electron chi connectivity index (χ3n) is 3.98. The smallest absolute Gasteiger partial charge is 0.303 e. The van der Waals surface area contributed by atoms with E-state index >= 15 is 0 Å². The van der Waals surface area contributed by atoms with Gasteiger partial charge in [0.25, 0.3) is 0 Å². The molecule has 2 aromatic carbocycles. The number of oxazole rings is 1. The van der Waals surface area contributed by atoms with Crippen LogP contribution in [0.4, 0.5) is 17.4 Å². The topological polar surface area (TPSA) is 55.3 Å². The van der Waals surface area contributed by atoms with Gasteiger partial charge in [-0.2, -0.15) is 4.98 Å². The fourth-order valence-corrected chi connectivity index (χ4v) is 3.03. The molecule has 2 N–H and O–H groups in total. The lowest BCUT2D eigenvalue weighted by atomic mass is 9.94. The van der Waals surface area contributed by atoms with E-state index in [4.69, 9.17) is 10.2 Å². The summed E-state index contributed by atoms with van der Waals surface area (Å²) in [4.78, 5) is 6.78. The van der Waals surface area contributed by atoms with Crippen molar-refractivity contribution in [3.8, 4) is 0 Å². The molecule has 0 fully saturated rings. The minimum atomic E-state index is 0.569. The van der Waals surface area contributed by atoms with E-state index in [2.05, 4.69) is 41.1 Å². The van der Waals surface area contributed by atoms with Crippen molar-refractivity contribution in [2.75, 3.05) is 17.2 Å². The van der Waals surface area contributed by atoms with Gasteiger partial charge in [0, 0.05) is 17.9 Å². The van der Waals surface area contributed by atoms with Gasteiger partial charge in [-0.25, -0.2) is 0 Å². The summed E-state index contributed by atoms with van der Waals surface area (Å²) in [7, 11) is 0. The number of nitrogens with zero attached hydrogens (tertiary/aromatic N) is 2. The first-order chi connectivity index (χ1) is 10.2. The van der Waals surface area contributed by atoms with E-state index in [1.165, 1.54) is 11.3 Å². The van der Waals surface area contributed by atoms with Crippen molar-refractivity contribution in [2.24, 2.45) is 5.92 Å². The highest BCUT2D eigenvalue weighted by atomic mass is 16.4. The lowest BCUT2D eigenvalue weighted by Crippen LogP contribution is -2.30. The van der Waals surface area contributed by atoms with Gasteiger partial charge in [-0.05, 0) is 42.2 Å². The molecule has 0 radical (unpaired) electrons. The molecular formula is C17H17N3O. The Morgan fingerprint density at radius 1 is 1.24 bits per heavy atom. The van der Waals surface area contributed by atoms with Crippen LogP contribution in [0.5, 0.6) is 0 Å². The number of para-hydroxylation sites is 1. The number of benzene rings is 2. The Balaban J connectivity index is 1.84. The van der Waals surface area contributed by atoms with Crippen molar-refractivity contribution in [3.05, 3.63) is 48.0 Å². The molecule has 0 aliphatic carbocycles. The maximum absolute atomic E-state index is 5.93. The predicted octanol–water partition coefficient (Wildman–Crippen LogP) is 3.74. The van der Waals surface area contributed by atoms with Crippen molar-refractivity contribution in [2.45, 2.75) is 13.3 Å². The molecule has 0 amide bonds. The summed E-state index contributed by atoms with van der Waals surface area (Å²) in [6.45, 7) is 3.17. The highest BCUT2D eigenvalue weighted by Gasteiger charge is 2.25. The fraction of sp³-hybridized carbons (Fsp3) is 0.235. The van der Waals surface area contributed by atoms with E-state index in [1.807, 2.05) is 18.2 Å². The standard InChI is InChI=1S/C17H17N3O/c1-11-8-12-4-2-3-5-15(12)20(10-11)17-19-14-9-13(18)6-7-16(14)21-17/h2-7,9,11H,8,10,18H2,1H3. The van der Waals surface area contributed by atoms with Crippen LogP contribution in [-0.4, -0.2) is 11.5 Å². The molecule has 4 nitrogen and oxygen atoms in total. The van der Waals surface area contributed by atoms with E-state index in [9.17, 15) is 0 Å². The number of anilines is 3. The molecule has 0 bridgehead atoms. The molecule has 0 saturated carbocycles. The average Bonchev–Trinajstić information content (AvgIpc) is 2.89. The van der Waals surface area contributed by atoms with Crippen LogP contribution in [-0.2, 0) is 6.42 Å². The Morgan fingerprint density at radius 3 is 3.00 bits per heavy atom. The van der Waals surface area contributed by atoms with Crippen LogP contribution in [0.2, 0.25) is 0 Å². The van der Waals surface area contributed by atoms with Crippen LogP contribution in [0.25, 0.3) is 11.1 Å². The van der Waals surface area contributed by atoms with Gasteiger partial charge in [0.2, 0.25) is 0 Å². The first-order valence-corrected chi connectivity index (χ1v) is 7.22. The van der Waals surface area contributed by atoms with Crippen molar-refractivity contribution < 1.29 is 4.42 Å². The number of rotatable bonds is 1.